The van der Waals surface area contributed by atoms with Gasteiger partial charge in [0.05, 0.1) is 38.1 Å². The minimum atomic E-state index is -4.15. The van der Waals surface area contributed by atoms with Crippen molar-refractivity contribution in [2.45, 2.75) is 11.8 Å². The molecule has 1 amide bonds. The number of nitrogens with one attached hydrogen (secondary N) is 1. The number of benzene rings is 2. The number of hydrogen-bond acceptors (Lipinski definition) is 8. The molecule has 3 aromatic rings. The van der Waals surface area contributed by atoms with Crippen LogP contribution in [-0.4, -0.2) is 48.4 Å². The molecular weight excluding hydrogens is 478 g/mol. The van der Waals surface area contributed by atoms with Crippen molar-refractivity contribution in [1.29, 1.82) is 0 Å². The zero-order valence-electron chi connectivity index (χ0n) is 19.1. The van der Waals surface area contributed by atoms with Gasteiger partial charge in [-0.1, -0.05) is 0 Å². The topological polar surface area (TPSA) is 107 Å². The van der Waals surface area contributed by atoms with Crippen molar-refractivity contribution in [1.82, 2.24) is 5.43 Å². The fourth-order valence-corrected chi connectivity index (χ4v) is 5.24. The van der Waals surface area contributed by atoms with Gasteiger partial charge >= 0.3 is 0 Å². The highest BCUT2D eigenvalue weighted by atomic mass is 32.2. The third-order valence-electron chi connectivity index (χ3n) is 4.86. The number of sulfonamides is 1. The highest BCUT2D eigenvalue weighted by molar-refractivity contribution is 7.92. The Morgan fingerprint density at radius 3 is 2.32 bits per heavy atom. The van der Waals surface area contributed by atoms with E-state index in [-0.39, 0.29) is 16.3 Å². The molecule has 0 aliphatic heterocycles. The van der Waals surface area contributed by atoms with Gasteiger partial charge in [-0.15, -0.1) is 11.3 Å². The van der Waals surface area contributed by atoms with Crippen molar-refractivity contribution >= 4 is 39.2 Å². The molecule has 0 atom stereocenters. The summed E-state index contributed by atoms with van der Waals surface area (Å²) in [6.07, 6.45) is 1.53. The Kier molecular flexibility index (Phi) is 8.13. The molecule has 0 saturated heterocycles. The maximum absolute atomic E-state index is 13.6. The van der Waals surface area contributed by atoms with Crippen molar-refractivity contribution in [2.75, 3.05) is 32.2 Å². The van der Waals surface area contributed by atoms with Gasteiger partial charge in [-0.3, -0.25) is 9.10 Å². The summed E-state index contributed by atoms with van der Waals surface area (Å²) in [5.74, 6) is 0.574. The highest BCUT2D eigenvalue weighted by Crippen LogP contribution is 2.32. The molecule has 0 bridgehead atoms. The number of ether oxygens (including phenoxy) is 3. The van der Waals surface area contributed by atoms with E-state index in [0.29, 0.717) is 11.5 Å². The normalized spacial score (nSPS) is 11.3. The number of nitrogens with zero attached hydrogens (tertiary/aromatic N) is 2. The second-order valence-electron chi connectivity index (χ2n) is 6.99. The largest absolute Gasteiger partial charge is 0.497 e. The first-order valence-corrected chi connectivity index (χ1v) is 12.4. The molecule has 2 aromatic carbocycles. The molecule has 0 fully saturated rings. The van der Waals surface area contributed by atoms with Gasteiger partial charge < -0.3 is 14.2 Å². The van der Waals surface area contributed by atoms with Crippen LogP contribution in [0.1, 0.15) is 10.4 Å². The van der Waals surface area contributed by atoms with E-state index in [1.54, 1.807) is 24.3 Å². The lowest BCUT2D eigenvalue weighted by Gasteiger charge is -2.24. The van der Waals surface area contributed by atoms with Crippen molar-refractivity contribution in [3.63, 3.8) is 0 Å². The Balaban J connectivity index is 1.92. The third kappa shape index (κ3) is 5.67. The predicted molar refractivity (Wildman–Crippen MR) is 132 cm³/mol. The molecule has 0 saturated carbocycles. The van der Waals surface area contributed by atoms with E-state index >= 15 is 0 Å². The van der Waals surface area contributed by atoms with Crippen LogP contribution in [0.5, 0.6) is 17.2 Å². The van der Waals surface area contributed by atoms with Gasteiger partial charge in [0.25, 0.3) is 15.9 Å². The van der Waals surface area contributed by atoms with E-state index < -0.39 is 22.5 Å². The van der Waals surface area contributed by atoms with Crippen molar-refractivity contribution in [2.24, 2.45) is 5.10 Å². The maximum atomic E-state index is 13.6. The van der Waals surface area contributed by atoms with Crippen molar-refractivity contribution in [3.05, 3.63) is 64.4 Å². The van der Waals surface area contributed by atoms with E-state index in [4.69, 9.17) is 14.2 Å². The molecule has 0 radical (unpaired) electrons. The Hall–Kier alpha value is -3.57. The molecule has 0 unspecified atom stereocenters. The minimum Gasteiger partial charge on any atom is -0.497 e. The Labute approximate surface area is 202 Å². The average Bonchev–Trinajstić information content (AvgIpc) is 3.26. The highest BCUT2D eigenvalue weighted by Gasteiger charge is 2.28. The Morgan fingerprint density at radius 1 is 1.03 bits per heavy atom. The first kappa shape index (κ1) is 25.1. The van der Waals surface area contributed by atoms with Crippen LogP contribution in [0.15, 0.2) is 63.9 Å². The lowest BCUT2D eigenvalue weighted by atomic mass is 10.3. The zero-order chi connectivity index (χ0) is 24.7. The monoisotopic (exact) mass is 503 g/mol. The fourth-order valence-electron chi connectivity index (χ4n) is 3.01. The summed E-state index contributed by atoms with van der Waals surface area (Å²) >= 11 is 1.48. The summed E-state index contributed by atoms with van der Waals surface area (Å²) in [6, 6.07) is 12.5. The minimum absolute atomic E-state index is 0.0634. The van der Waals surface area contributed by atoms with Gasteiger partial charge in [0.2, 0.25) is 0 Å². The number of aryl methyl sites for hydroxylation is 1. The summed E-state index contributed by atoms with van der Waals surface area (Å²) in [6.45, 7) is 1.44. The number of carbonyl (C=O) groups excluding carboxylic acids is 1. The molecule has 3 rings (SSSR count). The molecule has 9 nitrogen and oxygen atoms in total. The maximum Gasteiger partial charge on any atom is 0.264 e. The van der Waals surface area contributed by atoms with Crippen LogP contribution < -0.4 is 23.9 Å². The molecule has 0 aliphatic carbocycles. The SMILES string of the molecule is COc1ccc(N(CC(=O)N/N=C\c2sccc2C)S(=O)(=O)c2ccc(OC)c(OC)c2)cc1. The van der Waals surface area contributed by atoms with Crippen LogP contribution in [0.3, 0.4) is 0 Å². The molecule has 0 aliphatic rings. The van der Waals surface area contributed by atoms with E-state index in [1.807, 2.05) is 18.4 Å². The molecule has 11 heteroatoms. The van der Waals surface area contributed by atoms with Gasteiger partial charge in [-0.05, 0) is 60.3 Å². The fraction of sp³-hybridized carbons (Fsp3) is 0.217. The predicted octanol–water partition coefficient (Wildman–Crippen LogP) is 3.43. The molecule has 34 heavy (non-hydrogen) atoms. The van der Waals surface area contributed by atoms with Crippen LogP contribution in [-0.2, 0) is 14.8 Å². The van der Waals surface area contributed by atoms with Crippen LogP contribution in [0.2, 0.25) is 0 Å². The third-order valence-corrected chi connectivity index (χ3v) is 7.59. The Morgan fingerprint density at radius 2 is 1.74 bits per heavy atom. The van der Waals surface area contributed by atoms with Gasteiger partial charge in [0.15, 0.2) is 11.5 Å². The summed E-state index contributed by atoms with van der Waals surface area (Å²) in [7, 11) is 0.222. The van der Waals surface area contributed by atoms with Gasteiger partial charge in [-0.25, -0.2) is 13.8 Å². The van der Waals surface area contributed by atoms with Crippen molar-refractivity contribution in [3.8, 4) is 17.2 Å². The number of methoxy groups -OCH3 is 3. The number of thiophene rings is 1. The summed E-state index contributed by atoms with van der Waals surface area (Å²) in [4.78, 5) is 13.5. The second kappa shape index (κ2) is 11.0. The molecular formula is C23H25N3O6S2. The number of carbonyl (C=O) groups is 1. The van der Waals surface area contributed by atoms with Gasteiger partial charge in [0.1, 0.15) is 12.3 Å². The zero-order valence-corrected chi connectivity index (χ0v) is 20.8. The second-order valence-corrected chi connectivity index (χ2v) is 9.80. The van der Waals surface area contributed by atoms with Crippen LogP contribution in [0.4, 0.5) is 5.69 Å². The van der Waals surface area contributed by atoms with E-state index in [2.05, 4.69) is 10.5 Å². The molecule has 0 spiro atoms. The Bertz CT molecular complexity index is 1270. The van der Waals surface area contributed by atoms with E-state index in [1.165, 1.54) is 57.1 Å². The summed E-state index contributed by atoms with van der Waals surface area (Å²) in [5.41, 5.74) is 3.71. The average molecular weight is 504 g/mol. The summed E-state index contributed by atoms with van der Waals surface area (Å²) in [5, 5.41) is 5.88. The number of hydrogen-bond donors (Lipinski definition) is 1. The van der Waals surface area contributed by atoms with E-state index in [0.717, 1.165) is 14.7 Å². The lowest BCUT2D eigenvalue weighted by Crippen LogP contribution is -2.39. The summed E-state index contributed by atoms with van der Waals surface area (Å²) < 4.78 is 43.7. The van der Waals surface area contributed by atoms with Crippen molar-refractivity contribution < 1.29 is 27.4 Å². The number of rotatable bonds is 10. The molecule has 1 N–H and O–H groups in total. The van der Waals surface area contributed by atoms with Gasteiger partial charge in [0, 0.05) is 10.9 Å². The molecule has 1 heterocycles. The number of amides is 1. The van der Waals surface area contributed by atoms with Crippen LogP contribution in [0.25, 0.3) is 0 Å². The number of hydrazone groups is 1. The molecule has 1 aromatic heterocycles. The van der Waals surface area contributed by atoms with Crippen LogP contribution >= 0.6 is 11.3 Å². The quantitative estimate of drug-likeness (QED) is 0.336. The standard InChI is InChI=1S/C23H25N3O6S2/c1-16-11-12-33-22(16)14-24-25-23(27)15-26(17-5-7-18(30-2)8-6-17)34(28,29)19-9-10-20(31-3)21(13-19)32-4/h5-14H,15H2,1-4H3,(H,25,27)/b24-14-. The first-order valence-electron chi connectivity index (χ1n) is 10.0. The smallest absolute Gasteiger partial charge is 0.264 e. The number of anilines is 1. The first-order chi connectivity index (χ1) is 16.3. The van der Waals surface area contributed by atoms with E-state index in [9.17, 15) is 13.2 Å². The van der Waals surface area contributed by atoms with Crippen LogP contribution in [0, 0.1) is 6.92 Å². The van der Waals surface area contributed by atoms with Gasteiger partial charge in [-0.2, -0.15) is 5.10 Å². The molecule has 180 valence electrons. The lowest BCUT2D eigenvalue weighted by molar-refractivity contribution is -0.119.